The van der Waals surface area contributed by atoms with Gasteiger partial charge in [-0.2, -0.15) is 0 Å². The highest BCUT2D eigenvalue weighted by molar-refractivity contribution is 5.97. The molecule has 0 unspecified atom stereocenters. The van der Waals surface area contributed by atoms with Crippen molar-refractivity contribution < 1.29 is 9.90 Å². The van der Waals surface area contributed by atoms with Crippen LogP contribution in [0.1, 0.15) is 21.5 Å². The zero-order chi connectivity index (χ0) is 16.4. The molecule has 4 nitrogen and oxygen atoms in total. The molecule has 1 heterocycles. The Morgan fingerprint density at radius 2 is 1.70 bits per heavy atom. The van der Waals surface area contributed by atoms with Crippen LogP contribution in [0.3, 0.4) is 0 Å². The number of carbonyl (C=O) groups is 1. The molecular formula is C19H22N2O2. The van der Waals surface area contributed by atoms with Gasteiger partial charge in [0.1, 0.15) is 5.75 Å². The predicted octanol–water partition coefficient (Wildman–Crippen LogP) is 2.97. The van der Waals surface area contributed by atoms with Gasteiger partial charge in [0.2, 0.25) is 0 Å². The van der Waals surface area contributed by atoms with Crippen LogP contribution in [0.4, 0.5) is 5.69 Å². The molecule has 1 aliphatic rings. The maximum Gasteiger partial charge on any atom is 0.257 e. The van der Waals surface area contributed by atoms with Gasteiger partial charge in [-0.05, 0) is 43.2 Å². The highest BCUT2D eigenvalue weighted by Crippen LogP contribution is 2.23. The smallest absolute Gasteiger partial charge is 0.257 e. The summed E-state index contributed by atoms with van der Waals surface area (Å²) in [6, 6.07) is 13.5. The summed E-state index contributed by atoms with van der Waals surface area (Å²) >= 11 is 0. The summed E-state index contributed by atoms with van der Waals surface area (Å²) < 4.78 is 0. The number of piperazine rings is 1. The van der Waals surface area contributed by atoms with Crippen molar-refractivity contribution >= 4 is 11.6 Å². The zero-order valence-corrected chi connectivity index (χ0v) is 13.6. The first-order valence-electron chi connectivity index (χ1n) is 7.96. The van der Waals surface area contributed by atoms with Crippen molar-refractivity contribution in [2.75, 3.05) is 31.1 Å². The van der Waals surface area contributed by atoms with Crippen molar-refractivity contribution in [1.82, 2.24) is 4.90 Å². The molecule has 1 saturated heterocycles. The number of phenolic OH excluding ortho intramolecular Hbond substituents is 1. The number of hydrogen-bond donors (Lipinski definition) is 1. The minimum atomic E-state index is -0.0908. The van der Waals surface area contributed by atoms with Gasteiger partial charge < -0.3 is 14.9 Å². The lowest BCUT2D eigenvalue weighted by molar-refractivity contribution is 0.0743. The van der Waals surface area contributed by atoms with E-state index >= 15 is 0 Å². The van der Waals surface area contributed by atoms with Gasteiger partial charge in [0.05, 0.1) is 5.56 Å². The first-order chi connectivity index (χ1) is 11.1. The molecule has 0 radical (unpaired) electrons. The summed E-state index contributed by atoms with van der Waals surface area (Å²) in [5.74, 6) is -0.0248. The highest BCUT2D eigenvalue weighted by atomic mass is 16.3. The van der Waals surface area contributed by atoms with Gasteiger partial charge in [-0.15, -0.1) is 0 Å². The van der Waals surface area contributed by atoms with Crippen LogP contribution in [0, 0.1) is 13.8 Å². The second kappa shape index (κ2) is 6.32. The third kappa shape index (κ3) is 3.16. The van der Waals surface area contributed by atoms with Gasteiger partial charge in [-0.3, -0.25) is 4.79 Å². The lowest BCUT2D eigenvalue weighted by Gasteiger charge is -2.37. The number of para-hydroxylation sites is 1. The molecule has 1 N–H and O–H groups in total. The van der Waals surface area contributed by atoms with Crippen molar-refractivity contribution in [2.24, 2.45) is 0 Å². The fourth-order valence-electron chi connectivity index (χ4n) is 3.06. The third-order valence-corrected chi connectivity index (χ3v) is 4.41. The number of rotatable bonds is 2. The van der Waals surface area contributed by atoms with Crippen molar-refractivity contribution in [3.05, 3.63) is 59.2 Å². The first kappa shape index (κ1) is 15.4. The van der Waals surface area contributed by atoms with E-state index in [1.54, 1.807) is 12.1 Å². The number of benzene rings is 2. The average Bonchev–Trinajstić information content (AvgIpc) is 2.55. The van der Waals surface area contributed by atoms with Gasteiger partial charge in [0, 0.05) is 31.9 Å². The van der Waals surface area contributed by atoms with E-state index in [-0.39, 0.29) is 11.7 Å². The predicted molar refractivity (Wildman–Crippen MR) is 92.1 cm³/mol. The maximum absolute atomic E-state index is 12.6. The second-order valence-electron chi connectivity index (χ2n) is 6.09. The molecule has 1 amide bonds. The van der Waals surface area contributed by atoms with Crippen molar-refractivity contribution in [3.63, 3.8) is 0 Å². The molecule has 2 aromatic rings. The molecule has 0 saturated carbocycles. The topological polar surface area (TPSA) is 43.8 Å². The molecule has 0 aliphatic carbocycles. The van der Waals surface area contributed by atoms with E-state index in [2.05, 4.69) is 24.0 Å². The summed E-state index contributed by atoms with van der Waals surface area (Å²) in [4.78, 5) is 16.7. The average molecular weight is 310 g/mol. The Morgan fingerprint density at radius 1 is 1.00 bits per heavy atom. The molecule has 0 spiro atoms. The van der Waals surface area contributed by atoms with Crippen LogP contribution < -0.4 is 4.90 Å². The Hall–Kier alpha value is -2.49. The van der Waals surface area contributed by atoms with Crippen LogP contribution in [-0.4, -0.2) is 42.1 Å². The van der Waals surface area contributed by atoms with Crippen molar-refractivity contribution in [3.8, 4) is 5.75 Å². The Balaban J connectivity index is 1.69. The van der Waals surface area contributed by atoms with E-state index in [0.29, 0.717) is 18.7 Å². The fourth-order valence-corrected chi connectivity index (χ4v) is 3.06. The minimum Gasteiger partial charge on any atom is -0.507 e. The molecule has 0 bridgehead atoms. The minimum absolute atomic E-state index is 0.0660. The lowest BCUT2D eigenvalue weighted by Crippen LogP contribution is -2.49. The van der Waals surface area contributed by atoms with E-state index < -0.39 is 0 Å². The highest BCUT2D eigenvalue weighted by Gasteiger charge is 2.24. The van der Waals surface area contributed by atoms with E-state index in [1.165, 1.54) is 11.3 Å². The third-order valence-electron chi connectivity index (χ3n) is 4.41. The maximum atomic E-state index is 12.6. The molecule has 3 rings (SSSR count). The Labute approximate surface area is 137 Å². The van der Waals surface area contributed by atoms with Crippen LogP contribution in [0.25, 0.3) is 0 Å². The van der Waals surface area contributed by atoms with E-state index in [1.807, 2.05) is 30.0 Å². The number of phenols is 1. The molecule has 120 valence electrons. The zero-order valence-electron chi connectivity index (χ0n) is 13.6. The van der Waals surface area contributed by atoms with Gasteiger partial charge in [0.25, 0.3) is 5.91 Å². The molecule has 0 aromatic heterocycles. The van der Waals surface area contributed by atoms with E-state index in [4.69, 9.17) is 0 Å². The molecule has 4 heteroatoms. The number of anilines is 1. The normalized spacial score (nSPS) is 14.9. The van der Waals surface area contributed by atoms with Gasteiger partial charge in [-0.1, -0.05) is 24.3 Å². The van der Waals surface area contributed by atoms with Crippen molar-refractivity contribution in [2.45, 2.75) is 13.8 Å². The molecule has 1 aliphatic heterocycles. The van der Waals surface area contributed by atoms with Crippen LogP contribution >= 0.6 is 0 Å². The monoisotopic (exact) mass is 310 g/mol. The summed E-state index contributed by atoms with van der Waals surface area (Å²) in [6.45, 7) is 6.96. The molecular weight excluding hydrogens is 288 g/mol. The fraction of sp³-hybridized carbons (Fsp3) is 0.316. The number of aryl methyl sites for hydroxylation is 2. The second-order valence-corrected chi connectivity index (χ2v) is 6.09. The van der Waals surface area contributed by atoms with Crippen LogP contribution in [0.15, 0.2) is 42.5 Å². The Bertz CT molecular complexity index is 719. The number of nitrogens with zero attached hydrogens (tertiary/aromatic N) is 2. The number of aromatic hydroxyl groups is 1. The molecule has 1 fully saturated rings. The number of hydrogen-bond acceptors (Lipinski definition) is 3. The molecule has 2 aromatic carbocycles. The standard InChI is InChI=1S/C19H22N2O2/c1-14-7-8-16(18(22)13-14)19(23)21-11-9-20(10-12-21)17-6-4-3-5-15(17)2/h3-8,13,22H,9-12H2,1-2H3. The lowest BCUT2D eigenvalue weighted by atomic mass is 10.1. The van der Waals surface area contributed by atoms with Crippen LogP contribution in [-0.2, 0) is 0 Å². The summed E-state index contributed by atoms with van der Waals surface area (Å²) in [7, 11) is 0. The number of carbonyl (C=O) groups excluding carboxylic acids is 1. The van der Waals surface area contributed by atoms with E-state index in [0.717, 1.165) is 18.7 Å². The summed E-state index contributed by atoms with van der Waals surface area (Å²) in [6.07, 6.45) is 0. The number of amides is 1. The first-order valence-corrected chi connectivity index (χ1v) is 7.96. The van der Waals surface area contributed by atoms with Crippen molar-refractivity contribution in [1.29, 1.82) is 0 Å². The SMILES string of the molecule is Cc1ccc(C(=O)N2CCN(c3ccccc3C)CC2)c(O)c1. The Kier molecular flexibility index (Phi) is 4.24. The summed E-state index contributed by atoms with van der Waals surface area (Å²) in [5, 5.41) is 10.0. The van der Waals surface area contributed by atoms with Gasteiger partial charge in [0.15, 0.2) is 0 Å². The van der Waals surface area contributed by atoms with Gasteiger partial charge in [-0.25, -0.2) is 0 Å². The van der Waals surface area contributed by atoms with Crippen LogP contribution in [0.5, 0.6) is 5.75 Å². The summed E-state index contributed by atoms with van der Waals surface area (Å²) in [5.41, 5.74) is 3.82. The molecule has 23 heavy (non-hydrogen) atoms. The molecule has 0 atom stereocenters. The van der Waals surface area contributed by atoms with Gasteiger partial charge >= 0.3 is 0 Å². The largest absolute Gasteiger partial charge is 0.507 e. The quantitative estimate of drug-likeness (QED) is 0.927. The Morgan fingerprint density at radius 3 is 2.35 bits per heavy atom. The van der Waals surface area contributed by atoms with E-state index in [9.17, 15) is 9.90 Å². The van der Waals surface area contributed by atoms with Crippen LogP contribution in [0.2, 0.25) is 0 Å².